The Kier molecular flexibility index (Phi) is 9.95. The standard InChI is InChI=1S/C34H37ClF3N5O5S/c1-34(37,38)22-15-21(16-39-17-22)30(20-8-10-23(35)11-9-20)31(41-33(45)48-2)32(44)40-27-7-3-6-26(36)25(27)12-13-28-29-19-42(29)24-5-4-14-49(46,47)43(28)18-24/h3,6-11,15-17,24,28-31H,4-5,12-14,18-19H2,1-2H3,(H,40,44)(H,41,45). The monoisotopic (exact) mass is 719 g/mol. The molecule has 0 saturated carbocycles. The number of methoxy groups -OCH3 is 1. The average molecular weight is 720 g/mol. The molecule has 2 amide bonds. The van der Waals surface area contributed by atoms with E-state index in [1.54, 1.807) is 28.6 Å². The molecule has 3 aromatic rings. The van der Waals surface area contributed by atoms with Crippen LogP contribution in [-0.2, 0) is 31.9 Å². The molecule has 0 radical (unpaired) electrons. The summed E-state index contributed by atoms with van der Waals surface area (Å²) in [4.78, 5) is 33.1. The van der Waals surface area contributed by atoms with Gasteiger partial charge >= 0.3 is 6.09 Å². The van der Waals surface area contributed by atoms with Crippen molar-refractivity contribution in [1.82, 2.24) is 19.5 Å². The fourth-order valence-corrected chi connectivity index (χ4v) is 9.09. The number of halogens is 4. The summed E-state index contributed by atoms with van der Waals surface area (Å²) in [5, 5.41) is 5.67. The van der Waals surface area contributed by atoms with E-state index in [1.807, 2.05) is 0 Å². The maximum atomic E-state index is 15.5. The number of alkyl carbamates (subject to hydrolysis) is 1. The average Bonchev–Trinajstić information content (AvgIpc) is 3.87. The van der Waals surface area contributed by atoms with Gasteiger partial charge in [0.2, 0.25) is 15.9 Å². The molecule has 10 nitrogen and oxygen atoms in total. The van der Waals surface area contributed by atoms with Crippen LogP contribution in [0.1, 0.15) is 54.4 Å². The quantitative estimate of drug-likeness (QED) is 0.274. The number of amides is 2. The van der Waals surface area contributed by atoms with Crippen molar-refractivity contribution in [2.24, 2.45) is 0 Å². The van der Waals surface area contributed by atoms with Crippen molar-refractivity contribution in [1.29, 1.82) is 0 Å². The van der Waals surface area contributed by atoms with Crippen molar-refractivity contribution >= 4 is 39.3 Å². The summed E-state index contributed by atoms with van der Waals surface area (Å²) in [6, 6.07) is 10.2. The van der Waals surface area contributed by atoms with Gasteiger partial charge < -0.3 is 15.4 Å². The zero-order chi connectivity index (χ0) is 35.1. The number of nitrogens with zero attached hydrogens (tertiary/aromatic N) is 3. The van der Waals surface area contributed by atoms with Gasteiger partial charge in [-0.15, -0.1) is 0 Å². The molecule has 15 heteroatoms. The number of anilines is 1. The third-order valence-electron chi connectivity index (χ3n) is 9.66. The van der Waals surface area contributed by atoms with Crippen molar-refractivity contribution in [2.75, 3.05) is 31.3 Å². The SMILES string of the molecule is COC(=O)NC(C(=O)Nc1cccc(F)c1CCC1C2CN2C2CCCS(=O)(=O)N1C2)C(c1ccc(Cl)cc1)c1cncc(C(C)(F)F)c1. The molecule has 3 fully saturated rings. The zero-order valence-electron chi connectivity index (χ0n) is 26.9. The van der Waals surface area contributed by atoms with E-state index in [0.717, 1.165) is 33.2 Å². The van der Waals surface area contributed by atoms with Gasteiger partial charge in [0, 0.05) is 78.3 Å². The van der Waals surface area contributed by atoms with Gasteiger partial charge in [-0.2, -0.15) is 4.31 Å². The van der Waals surface area contributed by atoms with Gasteiger partial charge in [0.25, 0.3) is 5.92 Å². The third kappa shape index (κ3) is 7.57. The molecule has 0 spiro atoms. The Balaban J connectivity index is 1.32. The number of alkyl halides is 2. The largest absolute Gasteiger partial charge is 0.453 e. The third-order valence-corrected chi connectivity index (χ3v) is 11.8. The summed E-state index contributed by atoms with van der Waals surface area (Å²) >= 11 is 6.13. The Hall–Kier alpha value is -3.72. The highest BCUT2D eigenvalue weighted by molar-refractivity contribution is 7.89. The minimum absolute atomic E-state index is 0.0603. The molecule has 6 rings (SSSR count). The lowest BCUT2D eigenvalue weighted by molar-refractivity contribution is -0.118. The highest BCUT2D eigenvalue weighted by atomic mass is 35.5. The van der Waals surface area contributed by atoms with Crippen molar-refractivity contribution < 1.29 is 35.9 Å². The highest BCUT2D eigenvalue weighted by Crippen LogP contribution is 2.41. The maximum absolute atomic E-state index is 15.5. The number of piperazine rings is 1. The number of ether oxygens (including phenoxy) is 1. The smallest absolute Gasteiger partial charge is 0.407 e. The second kappa shape index (κ2) is 13.9. The van der Waals surface area contributed by atoms with Crippen LogP contribution in [0.25, 0.3) is 0 Å². The number of sulfonamides is 1. The Morgan fingerprint density at radius 2 is 1.88 bits per heavy atom. The van der Waals surface area contributed by atoms with E-state index in [9.17, 15) is 26.8 Å². The molecule has 7 atom stereocenters. The summed E-state index contributed by atoms with van der Waals surface area (Å²) in [5.41, 5.74) is 0.543. The maximum Gasteiger partial charge on any atom is 0.407 e. The number of carbonyl (C=O) groups excluding carboxylic acids is 2. The molecule has 0 aliphatic carbocycles. The van der Waals surface area contributed by atoms with E-state index in [4.69, 9.17) is 16.3 Å². The number of fused-ring (bicyclic) bond motifs is 4. The van der Waals surface area contributed by atoms with E-state index in [1.165, 1.54) is 30.5 Å². The van der Waals surface area contributed by atoms with Gasteiger partial charge in [0.15, 0.2) is 0 Å². The minimum Gasteiger partial charge on any atom is -0.453 e. The van der Waals surface area contributed by atoms with Crippen LogP contribution in [0.4, 0.5) is 23.7 Å². The highest BCUT2D eigenvalue weighted by Gasteiger charge is 2.55. The molecule has 4 heterocycles. The van der Waals surface area contributed by atoms with Crippen LogP contribution in [0.15, 0.2) is 60.9 Å². The fourth-order valence-electron chi connectivity index (χ4n) is 7.14. The molecule has 2 N–H and O–H groups in total. The molecule has 1 aromatic heterocycles. The van der Waals surface area contributed by atoms with Crippen LogP contribution in [0.5, 0.6) is 0 Å². The first kappa shape index (κ1) is 35.1. The van der Waals surface area contributed by atoms with Gasteiger partial charge in [-0.3, -0.25) is 14.7 Å². The molecule has 262 valence electrons. The second-order valence-corrected chi connectivity index (χ2v) is 15.3. The van der Waals surface area contributed by atoms with Crippen LogP contribution < -0.4 is 10.6 Å². The number of hydrogen-bond acceptors (Lipinski definition) is 7. The van der Waals surface area contributed by atoms with Crippen LogP contribution in [0.2, 0.25) is 5.02 Å². The number of rotatable bonds is 10. The predicted molar refractivity (Wildman–Crippen MR) is 178 cm³/mol. The predicted octanol–water partition coefficient (Wildman–Crippen LogP) is 5.27. The number of nitrogens with one attached hydrogen (secondary N) is 2. The topological polar surface area (TPSA) is 121 Å². The van der Waals surface area contributed by atoms with Gasteiger partial charge in [-0.25, -0.2) is 26.4 Å². The van der Waals surface area contributed by atoms with Crippen LogP contribution >= 0.6 is 11.6 Å². The molecule has 3 aliphatic rings. The molecular formula is C34H37ClF3N5O5S. The van der Waals surface area contributed by atoms with Crippen molar-refractivity contribution in [2.45, 2.75) is 68.6 Å². The van der Waals surface area contributed by atoms with Crippen LogP contribution in [0, 0.1) is 5.82 Å². The molecule has 3 saturated heterocycles. The lowest BCUT2D eigenvalue weighted by Crippen LogP contribution is -2.53. The minimum atomic E-state index is -3.46. The molecule has 2 aromatic carbocycles. The first-order valence-electron chi connectivity index (χ1n) is 16.0. The molecular weight excluding hydrogens is 683 g/mol. The van der Waals surface area contributed by atoms with E-state index in [-0.39, 0.29) is 47.1 Å². The molecule has 49 heavy (non-hydrogen) atoms. The van der Waals surface area contributed by atoms with E-state index in [2.05, 4.69) is 20.5 Å². The lowest BCUT2D eigenvalue weighted by Gasteiger charge is -2.37. The first-order valence-corrected chi connectivity index (χ1v) is 18.0. The van der Waals surface area contributed by atoms with Crippen molar-refractivity contribution in [3.63, 3.8) is 0 Å². The van der Waals surface area contributed by atoms with Gasteiger partial charge in [0.1, 0.15) is 11.9 Å². The number of hydrogen-bond donors (Lipinski definition) is 2. The number of aromatic nitrogens is 1. The van der Waals surface area contributed by atoms with Crippen LogP contribution in [0.3, 0.4) is 0 Å². The van der Waals surface area contributed by atoms with E-state index >= 15 is 4.39 Å². The Bertz CT molecular complexity index is 1830. The first-order chi connectivity index (χ1) is 23.3. The number of pyridine rings is 1. The van der Waals surface area contributed by atoms with E-state index in [0.29, 0.717) is 30.0 Å². The lowest BCUT2D eigenvalue weighted by atomic mass is 9.84. The Labute approximate surface area is 288 Å². The Morgan fingerprint density at radius 1 is 1.12 bits per heavy atom. The molecule has 3 aliphatic heterocycles. The summed E-state index contributed by atoms with van der Waals surface area (Å²) in [7, 11) is -2.35. The van der Waals surface area contributed by atoms with Crippen molar-refractivity contribution in [3.05, 3.63) is 94.0 Å². The Morgan fingerprint density at radius 3 is 2.59 bits per heavy atom. The summed E-state index contributed by atoms with van der Waals surface area (Å²) in [6.07, 6.45) is 3.26. The van der Waals surface area contributed by atoms with Gasteiger partial charge in [-0.1, -0.05) is 29.8 Å². The number of benzene rings is 2. The second-order valence-electron chi connectivity index (χ2n) is 12.8. The van der Waals surface area contributed by atoms with Gasteiger partial charge in [0.05, 0.1) is 12.9 Å². The normalized spacial score (nSPS) is 25.2. The van der Waals surface area contributed by atoms with Gasteiger partial charge in [-0.05, 0) is 67.1 Å². The van der Waals surface area contributed by atoms with Crippen molar-refractivity contribution in [3.8, 4) is 0 Å². The summed E-state index contributed by atoms with van der Waals surface area (Å²) < 4.78 is 77.0. The fraction of sp³-hybridized carbons (Fsp3) is 0.441. The van der Waals surface area contributed by atoms with Crippen LogP contribution in [-0.4, -0.2) is 84.7 Å². The molecule has 7 unspecified atom stereocenters. The zero-order valence-corrected chi connectivity index (χ0v) is 28.5. The number of carbonyl (C=O) groups is 2. The summed E-state index contributed by atoms with van der Waals surface area (Å²) in [5.74, 6) is -5.60. The summed E-state index contributed by atoms with van der Waals surface area (Å²) in [6.45, 7) is 1.93. The molecule has 2 bridgehead atoms. The van der Waals surface area contributed by atoms with E-state index < -0.39 is 51.3 Å².